The van der Waals surface area contributed by atoms with Gasteiger partial charge in [-0.3, -0.25) is 0 Å². The third-order valence-corrected chi connectivity index (χ3v) is 3.09. The highest BCUT2D eigenvalue weighted by Crippen LogP contribution is 2.32. The molecular weight excluding hydrogens is 334 g/mol. The molecule has 0 saturated carbocycles. The van der Waals surface area contributed by atoms with Crippen LogP contribution >= 0.6 is 15.9 Å². The van der Waals surface area contributed by atoms with Crippen molar-refractivity contribution in [1.82, 2.24) is 0 Å². The van der Waals surface area contributed by atoms with Gasteiger partial charge in [-0.05, 0) is 46.3 Å². The van der Waals surface area contributed by atoms with E-state index in [1.54, 1.807) is 0 Å². The van der Waals surface area contributed by atoms with E-state index >= 15 is 0 Å². The van der Waals surface area contributed by atoms with Crippen LogP contribution in [0.1, 0.15) is 5.56 Å². The Hall–Kier alpha value is -2.15. The number of nitrogens with two attached hydrogens (primary N) is 1. The van der Waals surface area contributed by atoms with Gasteiger partial charge in [0.05, 0.1) is 10.0 Å². The molecule has 4 nitrogen and oxygen atoms in total. The highest BCUT2D eigenvalue weighted by Gasteiger charge is 2.13. The Kier molecular flexibility index (Phi) is 4.19. The summed E-state index contributed by atoms with van der Waals surface area (Å²) in [6.45, 7) is 0. The van der Waals surface area contributed by atoms with E-state index in [9.17, 15) is 8.78 Å². The van der Waals surface area contributed by atoms with Crippen LogP contribution in [0.4, 0.5) is 8.78 Å². The molecule has 2 aromatic carbocycles. The minimum Gasteiger partial charge on any atom is -0.455 e. The minimum atomic E-state index is -0.572. The summed E-state index contributed by atoms with van der Waals surface area (Å²) >= 11 is 3.20. The summed E-state index contributed by atoms with van der Waals surface area (Å²) in [6.07, 6.45) is 0. The van der Waals surface area contributed by atoms with Crippen LogP contribution in [0, 0.1) is 11.6 Å². The van der Waals surface area contributed by atoms with Crippen molar-refractivity contribution in [3.05, 3.63) is 58.1 Å². The molecule has 2 aromatic rings. The van der Waals surface area contributed by atoms with Crippen molar-refractivity contribution in [3.8, 4) is 11.5 Å². The van der Waals surface area contributed by atoms with E-state index in [0.29, 0.717) is 4.47 Å². The number of ether oxygens (including phenoxy) is 1. The zero-order chi connectivity index (χ0) is 14.7. The molecule has 0 heterocycles. The third-order valence-electron chi connectivity index (χ3n) is 2.44. The van der Waals surface area contributed by atoms with Crippen molar-refractivity contribution in [2.45, 2.75) is 0 Å². The highest BCUT2D eigenvalue weighted by atomic mass is 79.9. The maximum absolute atomic E-state index is 13.2. The number of amidine groups is 1. The normalized spacial score (nSPS) is 11.4. The Morgan fingerprint density at radius 2 is 1.75 bits per heavy atom. The topological polar surface area (TPSA) is 67.8 Å². The lowest BCUT2D eigenvalue weighted by atomic mass is 10.2. The summed E-state index contributed by atoms with van der Waals surface area (Å²) < 4.78 is 32.4. The zero-order valence-corrected chi connectivity index (χ0v) is 11.6. The summed E-state index contributed by atoms with van der Waals surface area (Å²) in [6, 6.07) is 7.39. The second-order valence-corrected chi connectivity index (χ2v) is 4.66. The van der Waals surface area contributed by atoms with Crippen LogP contribution in [0.5, 0.6) is 11.5 Å². The molecule has 0 saturated heterocycles. The Labute approximate surface area is 121 Å². The molecule has 0 radical (unpaired) electrons. The van der Waals surface area contributed by atoms with Gasteiger partial charge >= 0.3 is 0 Å². The van der Waals surface area contributed by atoms with Gasteiger partial charge in [0.15, 0.2) is 5.84 Å². The molecule has 2 rings (SSSR count). The first-order valence-corrected chi connectivity index (χ1v) is 6.21. The summed E-state index contributed by atoms with van der Waals surface area (Å²) in [4.78, 5) is 0. The predicted molar refractivity (Wildman–Crippen MR) is 73.1 cm³/mol. The lowest BCUT2D eigenvalue weighted by Gasteiger charge is -2.11. The van der Waals surface area contributed by atoms with Crippen LogP contribution in [0.15, 0.2) is 46.0 Å². The maximum Gasteiger partial charge on any atom is 0.173 e. The number of hydrogen-bond acceptors (Lipinski definition) is 3. The van der Waals surface area contributed by atoms with Crippen LogP contribution < -0.4 is 10.5 Å². The van der Waals surface area contributed by atoms with E-state index in [1.807, 2.05) is 0 Å². The second-order valence-electron chi connectivity index (χ2n) is 3.80. The molecule has 0 amide bonds. The molecule has 104 valence electrons. The van der Waals surface area contributed by atoms with Gasteiger partial charge in [0, 0.05) is 6.07 Å². The van der Waals surface area contributed by atoms with Gasteiger partial charge in [-0.25, -0.2) is 8.78 Å². The largest absolute Gasteiger partial charge is 0.455 e. The molecule has 0 aromatic heterocycles. The minimum absolute atomic E-state index is 0.0589. The number of benzene rings is 2. The summed E-state index contributed by atoms with van der Waals surface area (Å²) in [5, 5.41) is 11.5. The molecule has 0 aliphatic heterocycles. The average Bonchev–Trinajstić information content (AvgIpc) is 2.43. The zero-order valence-electron chi connectivity index (χ0n) is 9.98. The molecular formula is C13H9BrF2N2O2. The van der Waals surface area contributed by atoms with Crippen LogP contribution in [-0.4, -0.2) is 11.0 Å². The lowest BCUT2D eigenvalue weighted by molar-refractivity contribution is 0.318. The lowest BCUT2D eigenvalue weighted by Crippen LogP contribution is -2.14. The molecule has 20 heavy (non-hydrogen) atoms. The first-order chi connectivity index (χ1) is 9.51. The van der Waals surface area contributed by atoms with E-state index in [2.05, 4.69) is 21.1 Å². The quantitative estimate of drug-likeness (QED) is 0.387. The van der Waals surface area contributed by atoms with Crippen LogP contribution in [-0.2, 0) is 0 Å². The fourth-order valence-corrected chi connectivity index (χ4v) is 1.85. The van der Waals surface area contributed by atoms with Gasteiger partial charge in [0.1, 0.15) is 23.1 Å². The molecule has 7 heteroatoms. The molecule has 0 bridgehead atoms. The van der Waals surface area contributed by atoms with Gasteiger partial charge in [0.25, 0.3) is 0 Å². The third kappa shape index (κ3) is 3.05. The summed E-state index contributed by atoms with van der Waals surface area (Å²) in [5.74, 6) is -1.06. The first kappa shape index (κ1) is 14.3. The second kappa shape index (κ2) is 5.87. The number of halogens is 3. The fourth-order valence-electron chi connectivity index (χ4n) is 1.52. The van der Waals surface area contributed by atoms with Gasteiger partial charge < -0.3 is 15.7 Å². The SMILES string of the molecule is N/C(=N/O)c1cc(F)ccc1Oc1cc(F)ccc1Br. The maximum atomic E-state index is 13.2. The molecule has 0 aliphatic rings. The molecule has 0 atom stereocenters. The van der Waals surface area contributed by atoms with Crippen molar-refractivity contribution < 1.29 is 18.7 Å². The number of rotatable bonds is 3. The number of nitrogens with zero attached hydrogens (tertiary/aromatic N) is 1. The van der Waals surface area contributed by atoms with E-state index in [1.165, 1.54) is 18.2 Å². The van der Waals surface area contributed by atoms with Crippen LogP contribution in [0.3, 0.4) is 0 Å². The summed E-state index contributed by atoms with van der Waals surface area (Å²) in [7, 11) is 0. The Balaban J connectivity index is 2.46. The number of oxime groups is 1. The van der Waals surface area contributed by atoms with Crippen LogP contribution in [0.2, 0.25) is 0 Å². The average molecular weight is 343 g/mol. The van der Waals surface area contributed by atoms with Gasteiger partial charge in [-0.1, -0.05) is 5.16 Å². The number of hydrogen-bond donors (Lipinski definition) is 2. The molecule has 0 spiro atoms. The smallest absolute Gasteiger partial charge is 0.173 e. The van der Waals surface area contributed by atoms with Crippen LogP contribution in [0.25, 0.3) is 0 Å². The van der Waals surface area contributed by atoms with Crippen molar-refractivity contribution in [3.63, 3.8) is 0 Å². The van der Waals surface area contributed by atoms with Crippen molar-refractivity contribution in [2.24, 2.45) is 10.9 Å². The van der Waals surface area contributed by atoms with Gasteiger partial charge in [0.2, 0.25) is 0 Å². The molecule has 0 fully saturated rings. The van der Waals surface area contributed by atoms with Crippen molar-refractivity contribution in [1.29, 1.82) is 0 Å². The molecule has 3 N–H and O–H groups in total. The predicted octanol–water partition coefficient (Wildman–Crippen LogP) is 3.61. The van der Waals surface area contributed by atoms with Crippen molar-refractivity contribution >= 4 is 21.8 Å². The Morgan fingerprint density at radius 3 is 2.45 bits per heavy atom. The Bertz CT molecular complexity index is 677. The standard InChI is InChI=1S/C13H9BrF2N2O2/c14-10-3-1-8(16)6-12(10)20-11-4-2-7(15)5-9(11)13(17)18-19/h1-6,19H,(H2,17,18). The first-order valence-electron chi connectivity index (χ1n) is 5.41. The van der Waals surface area contributed by atoms with Crippen molar-refractivity contribution in [2.75, 3.05) is 0 Å². The fraction of sp³-hybridized carbons (Fsp3) is 0. The monoisotopic (exact) mass is 342 g/mol. The van der Waals surface area contributed by atoms with E-state index < -0.39 is 11.6 Å². The van der Waals surface area contributed by atoms with Gasteiger partial charge in [-0.15, -0.1) is 0 Å². The van der Waals surface area contributed by atoms with Gasteiger partial charge in [-0.2, -0.15) is 0 Å². The Morgan fingerprint density at radius 1 is 1.10 bits per heavy atom. The molecule has 0 unspecified atom stereocenters. The van der Waals surface area contributed by atoms with E-state index in [4.69, 9.17) is 15.7 Å². The van der Waals surface area contributed by atoms with E-state index in [-0.39, 0.29) is 22.9 Å². The highest BCUT2D eigenvalue weighted by molar-refractivity contribution is 9.10. The molecule has 0 aliphatic carbocycles. The summed E-state index contributed by atoms with van der Waals surface area (Å²) in [5.41, 5.74) is 5.51. The van der Waals surface area contributed by atoms with E-state index in [0.717, 1.165) is 18.2 Å².